The average molecular weight is 587 g/mol. The maximum absolute atomic E-state index is 13.5. The molecule has 1 unspecified atom stereocenters. The van der Waals surface area contributed by atoms with Crippen molar-refractivity contribution in [2.24, 2.45) is 0 Å². The SMILES string of the molecule is COC(=O)N[C@H](Cc1ccccc1)C(=O)NC(Cc1ccc(NS(=O)(=O)O)cc1)c1csc(-c2cccs2)n1. The summed E-state index contributed by atoms with van der Waals surface area (Å²) in [5.74, 6) is -0.412. The van der Waals surface area contributed by atoms with Gasteiger partial charge in [-0.3, -0.25) is 14.1 Å². The van der Waals surface area contributed by atoms with E-state index in [-0.39, 0.29) is 12.1 Å². The van der Waals surface area contributed by atoms with Crippen molar-refractivity contribution in [2.75, 3.05) is 11.8 Å². The van der Waals surface area contributed by atoms with E-state index >= 15 is 0 Å². The average Bonchev–Trinajstić information content (AvgIpc) is 3.61. The second-order valence-electron chi connectivity index (χ2n) is 8.47. The summed E-state index contributed by atoms with van der Waals surface area (Å²) in [5.41, 5.74) is 2.49. The van der Waals surface area contributed by atoms with Crippen LogP contribution in [-0.2, 0) is 32.7 Å². The number of methoxy groups -OCH3 is 1. The van der Waals surface area contributed by atoms with Crippen LogP contribution in [0.4, 0.5) is 10.5 Å². The Morgan fingerprint density at radius 3 is 2.31 bits per heavy atom. The minimum Gasteiger partial charge on any atom is -0.453 e. The Hall–Kier alpha value is -3.78. The van der Waals surface area contributed by atoms with Crippen molar-refractivity contribution < 1.29 is 27.3 Å². The highest BCUT2D eigenvalue weighted by Gasteiger charge is 2.26. The molecule has 2 heterocycles. The van der Waals surface area contributed by atoms with E-state index in [0.29, 0.717) is 12.1 Å². The number of amides is 2. The number of hydrogen-bond acceptors (Lipinski definition) is 8. The number of benzene rings is 2. The standard InChI is InChI=1S/C26H26N4O6S3/c1-36-26(32)29-21(15-17-6-3-2-4-7-17)24(31)27-20(22-16-38-25(28-22)23-8-5-13-37-23)14-18-9-11-19(12-10-18)30-39(33,34)35/h2-13,16,20-21,30H,14-15H2,1H3,(H,27,31)(H,29,32)(H,33,34,35)/t20?,21-/m1/s1. The zero-order valence-electron chi connectivity index (χ0n) is 20.7. The molecule has 0 aliphatic heterocycles. The summed E-state index contributed by atoms with van der Waals surface area (Å²) < 4.78 is 38.0. The molecule has 4 rings (SSSR count). The fraction of sp³-hybridized carbons (Fsp3) is 0.192. The van der Waals surface area contributed by atoms with Gasteiger partial charge in [-0.1, -0.05) is 48.5 Å². The van der Waals surface area contributed by atoms with Crippen LogP contribution in [0.3, 0.4) is 0 Å². The zero-order chi connectivity index (χ0) is 27.8. The van der Waals surface area contributed by atoms with E-state index in [1.54, 1.807) is 23.5 Å². The van der Waals surface area contributed by atoms with E-state index in [4.69, 9.17) is 14.3 Å². The van der Waals surface area contributed by atoms with Gasteiger partial charge in [0.05, 0.1) is 29.4 Å². The Morgan fingerprint density at radius 1 is 0.949 bits per heavy atom. The molecule has 4 N–H and O–H groups in total. The molecule has 0 spiro atoms. The molecule has 0 aliphatic rings. The van der Waals surface area contributed by atoms with Gasteiger partial charge in [-0.05, 0) is 41.1 Å². The smallest absolute Gasteiger partial charge is 0.407 e. The van der Waals surface area contributed by atoms with Gasteiger partial charge in [0.25, 0.3) is 0 Å². The first-order valence-electron chi connectivity index (χ1n) is 11.7. The van der Waals surface area contributed by atoms with Gasteiger partial charge in [0, 0.05) is 11.8 Å². The fourth-order valence-corrected chi connectivity index (χ4v) is 5.94. The topological polar surface area (TPSA) is 147 Å². The minimum absolute atomic E-state index is 0.195. The summed E-state index contributed by atoms with van der Waals surface area (Å²) in [4.78, 5) is 31.3. The van der Waals surface area contributed by atoms with Crippen LogP contribution in [-0.4, -0.2) is 43.1 Å². The number of carbonyl (C=O) groups excluding carboxylic acids is 2. The van der Waals surface area contributed by atoms with Crippen molar-refractivity contribution in [1.29, 1.82) is 0 Å². The third-order valence-corrected chi connectivity index (χ3v) is 8.04. The molecule has 2 aromatic heterocycles. The number of anilines is 1. The summed E-state index contributed by atoms with van der Waals surface area (Å²) >= 11 is 3.02. The van der Waals surface area contributed by atoms with E-state index in [0.717, 1.165) is 21.0 Å². The Labute approximate surface area is 234 Å². The summed E-state index contributed by atoms with van der Waals surface area (Å²) in [7, 11) is -3.16. The minimum atomic E-state index is -4.40. The Bertz CT molecular complexity index is 1490. The molecule has 204 valence electrons. The van der Waals surface area contributed by atoms with Crippen LogP contribution >= 0.6 is 22.7 Å². The number of aromatic nitrogens is 1. The molecule has 4 aromatic rings. The molecule has 0 radical (unpaired) electrons. The highest BCUT2D eigenvalue weighted by molar-refractivity contribution is 7.87. The van der Waals surface area contributed by atoms with Gasteiger partial charge in [-0.2, -0.15) is 8.42 Å². The van der Waals surface area contributed by atoms with Crippen LogP contribution in [0.15, 0.2) is 77.5 Å². The number of hydrogen-bond donors (Lipinski definition) is 4. The van der Waals surface area contributed by atoms with E-state index < -0.39 is 34.4 Å². The van der Waals surface area contributed by atoms with Crippen LogP contribution in [0, 0.1) is 0 Å². The van der Waals surface area contributed by atoms with Gasteiger partial charge < -0.3 is 15.4 Å². The van der Waals surface area contributed by atoms with Crippen LogP contribution in [0.1, 0.15) is 22.9 Å². The molecule has 39 heavy (non-hydrogen) atoms. The number of rotatable bonds is 11. The van der Waals surface area contributed by atoms with Crippen molar-refractivity contribution in [3.8, 4) is 9.88 Å². The lowest BCUT2D eigenvalue weighted by atomic mass is 10.0. The van der Waals surface area contributed by atoms with E-state index in [1.165, 1.54) is 30.6 Å². The second kappa shape index (κ2) is 12.8. The lowest BCUT2D eigenvalue weighted by Gasteiger charge is -2.23. The van der Waals surface area contributed by atoms with Crippen LogP contribution in [0.25, 0.3) is 9.88 Å². The maximum atomic E-state index is 13.5. The molecule has 2 aromatic carbocycles. The first kappa shape index (κ1) is 28.2. The van der Waals surface area contributed by atoms with Crippen LogP contribution < -0.4 is 15.4 Å². The van der Waals surface area contributed by atoms with E-state index in [9.17, 15) is 18.0 Å². The molecule has 0 fully saturated rings. The van der Waals surface area contributed by atoms with Gasteiger partial charge >= 0.3 is 16.4 Å². The molecule has 0 saturated carbocycles. The Kier molecular flexibility index (Phi) is 9.30. The lowest BCUT2D eigenvalue weighted by molar-refractivity contribution is -0.123. The number of carbonyl (C=O) groups is 2. The number of nitrogens with zero attached hydrogens (tertiary/aromatic N) is 1. The zero-order valence-corrected chi connectivity index (χ0v) is 23.2. The highest BCUT2D eigenvalue weighted by Crippen LogP contribution is 2.31. The van der Waals surface area contributed by atoms with Crippen LogP contribution in [0.5, 0.6) is 0 Å². The lowest BCUT2D eigenvalue weighted by Crippen LogP contribution is -2.49. The Morgan fingerprint density at radius 2 is 1.67 bits per heavy atom. The van der Waals surface area contributed by atoms with Gasteiger partial charge in [0.15, 0.2) is 0 Å². The highest BCUT2D eigenvalue weighted by atomic mass is 32.2. The predicted octanol–water partition coefficient (Wildman–Crippen LogP) is 4.45. The van der Waals surface area contributed by atoms with Gasteiger partial charge in [-0.15, -0.1) is 22.7 Å². The van der Waals surface area contributed by atoms with Crippen molar-refractivity contribution in [3.63, 3.8) is 0 Å². The third kappa shape index (κ3) is 8.35. The van der Waals surface area contributed by atoms with Gasteiger partial charge in [0.1, 0.15) is 11.0 Å². The Balaban J connectivity index is 1.59. The molecule has 13 heteroatoms. The largest absolute Gasteiger partial charge is 0.453 e. The monoisotopic (exact) mass is 586 g/mol. The molecule has 10 nitrogen and oxygen atoms in total. The van der Waals surface area contributed by atoms with E-state index in [2.05, 4.69) is 10.6 Å². The summed E-state index contributed by atoms with van der Waals surface area (Å²) in [5, 5.41) is 10.3. The molecule has 0 saturated heterocycles. The molecule has 2 amide bonds. The van der Waals surface area contributed by atoms with Gasteiger partial charge in [-0.25, -0.2) is 9.78 Å². The summed E-state index contributed by atoms with van der Waals surface area (Å²) in [6, 6.07) is 18.2. The first-order valence-corrected chi connectivity index (χ1v) is 14.9. The van der Waals surface area contributed by atoms with Crippen molar-refractivity contribution in [3.05, 3.63) is 94.3 Å². The number of thiazole rings is 1. The normalized spacial score (nSPS) is 12.8. The molecule has 2 atom stereocenters. The van der Waals surface area contributed by atoms with Crippen molar-refractivity contribution >= 4 is 50.7 Å². The molecule has 0 aliphatic carbocycles. The van der Waals surface area contributed by atoms with Crippen molar-refractivity contribution in [2.45, 2.75) is 24.9 Å². The number of alkyl carbamates (subject to hydrolysis) is 1. The quantitative estimate of drug-likeness (QED) is 0.190. The van der Waals surface area contributed by atoms with Crippen molar-refractivity contribution in [1.82, 2.24) is 15.6 Å². The molecule has 0 bridgehead atoms. The third-order valence-electron chi connectivity index (χ3n) is 5.64. The summed E-state index contributed by atoms with van der Waals surface area (Å²) in [6.07, 6.45) is -0.137. The van der Waals surface area contributed by atoms with E-state index in [1.807, 2.05) is 57.9 Å². The first-order chi connectivity index (χ1) is 18.7. The second-order valence-corrected chi connectivity index (χ2v) is 11.4. The predicted molar refractivity (Wildman–Crippen MR) is 151 cm³/mol. The molecular formula is C26H26N4O6S3. The fourth-order valence-electron chi connectivity index (χ4n) is 3.82. The number of ether oxygens (including phenoxy) is 1. The van der Waals surface area contributed by atoms with Gasteiger partial charge in [0.2, 0.25) is 5.91 Å². The molecular weight excluding hydrogens is 561 g/mol. The number of thiophene rings is 1. The van der Waals surface area contributed by atoms with Crippen LogP contribution in [0.2, 0.25) is 0 Å². The number of nitrogens with one attached hydrogen (secondary N) is 3. The maximum Gasteiger partial charge on any atom is 0.407 e. The summed E-state index contributed by atoms with van der Waals surface area (Å²) in [6.45, 7) is 0.